The van der Waals surface area contributed by atoms with Crippen LogP contribution in [0.3, 0.4) is 0 Å². The van der Waals surface area contributed by atoms with E-state index in [4.69, 9.17) is 4.74 Å². The highest BCUT2D eigenvalue weighted by molar-refractivity contribution is 7.22. The molecule has 1 aliphatic rings. The molecule has 5 rings (SSSR count). The molecular formula is C29H29F2N7O6S. The number of amides is 2. The molecule has 45 heavy (non-hydrogen) atoms. The number of nitrogens with zero attached hydrogens (tertiary/aromatic N) is 4. The second kappa shape index (κ2) is 12.9. The zero-order valence-electron chi connectivity index (χ0n) is 24.6. The first-order valence-electron chi connectivity index (χ1n) is 13.3. The molecule has 1 aliphatic heterocycles. The Morgan fingerprint density at radius 2 is 1.73 bits per heavy atom. The minimum atomic E-state index is -0.899. The van der Waals surface area contributed by atoms with Crippen LogP contribution < -0.4 is 27.5 Å². The molecule has 0 bridgehead atoms. The van der Waals surface area contributed by atoms with Crippen LogP contribution in [0.4, 0.5) is 19.3 Å². The molecule has 0 spiro atoms. The summed E-state index contributed by atoms with van der Waals surface area (Å²) in [5.74, 6) is -1.84. The Labute approximate surface area is 258 Å². The van der Waals surface area contributed by atoms with Crippen LogP contribution in [0.5, 0.6) is 0 Å². The largest absolute Gasteiger partial charge is 0.480 e. The van der Waals surface area contributed by atoms with Crippen LogP contribution in [0.2, 0.25) is 0 Å². The van der Waals surface area contributed by atoms with E-state index < -0.39 is 35.5 Å². The second-order valence-corrected chi connectivity index (χ2v) is 11.1. The molecule has 0 fully saturated rings. The van der Waals surface area contributed by atoms with E-state index in [9.17, 15) is 28.4 Å². The topological polar surface area (TPSA) is 142 Å². The Morgan fingerprint density at radius 1 is 1.04 bits per heavy atom. The number of ether oxygens (including phenoxy) is 1. The van der Waals surface area contributed by atoms with Crippen molar-refractivity contribution < 1.29 is 28.4 Å². The Balaban J connectivity index is 1.78. The van der Waals surface area contributed by atoms with E-state index in [1.165, 1.54) is 32.4 Å². The smallest absolute Gasteiger partial charge is 0.343 e. The van der Waals surface area contributed by atoms with Gasteiger partial charge in [0.1, 0.15) is 22.3 Å². The third kappa shape index (κ3) is 6.16. The van der Waals surface area contributed by atoms with Gasteiger partial charge in [0.25, 0.3) is 5.56 Å². The number of fused-ring (bicyclic) bond motifs is 1. The van der Waals surface area contributed by atoms with Crippen LogP contribution in [0.1, 0.15) is 11.1 Å². The van der Waals surface area contributed by atoms with Gasteiger partial charge in [0.2, 0.25) is 5.88 Å². The van der Waals surface area contributed by atoms with E-state index in [-0.39, 0.29) is 34.0 Å². The van der Waals surface area contributed by atoms with Crippen LogP contribution in [-0.2, 0) is 22.7 Å². The predicted molar refractivity (Wildman–Crippen MR) is 164 cm³/mol. The Bertz CT molecular complexity index is 1930. The van der Waals surface area contributed by atoms with Gasteiger partial charge in [-0.15, -0.1) is 16.5 Å². The monoisotopic (exact) mass is 641 g/mol. The summed E-state index contributed by atoms with van der Waals surface area (Å²) in [6, 6.07) is 9.58. The third-order valence-corrected chi connectivity index (χ3v) is 8.09. The van der Waals surface area contributed by atoms with E-state index in [0.29, 0.717) is 26.9 Å². The van der Waals surface area contributed by atoms with Crippen molar-refractivity contribution in [1.82, 2.24) is 30.1 Å². The lowest BCUT2D eigenvalue weighted by molar-refractivity contribution is -0.130. The standard InChI is InChI=1S/C29H29F2N7O6S/c1-35(2)14-19-24-26(39)37(22-12-13-23(43-3)38(42)33-22)29(41)36(15-18-20(30)6-5-7-21(18)31)27(24)45-25(19)16-8-10-17(11-9-16)32-28(40)34-44-4/h5-13,33,42H,14-15H2,1-4H3,(H2,32,34,40). The first kappa shape index (κ1) is 31.4. The highest BCUT2D eigenvalue weighted by Crippen LogP contribution is 2.38. The van der Waals surface area contributed by atoms with Crippen LogP contribution in [0.25, 0.3) is 26.5 Å². The van der Waals surface area contributed by atoms with Crippen molar-refractivity contribution in [2.24, 2.45) is 0 Å². The number of hydrogen-bond acceptors (Lipinski definition) is 10. The average Bonchev–Trinajstić information content (AvgIpc) is 3.35. The molecule has 4 aromatic rings. The quantitative estimate of drug-likeness (QED) is 0.202. The molecule has 13 nitrogen and oxygen atoms in total. The molecule has 0 radical (unpaired) electrons. The summed E-state index contributed by atoms with van der Waals surface area (Å²) in [6.07, 6.45) is 2.70. The second-order valence-electron chi connectivity index (χ2n) is 10.1. The summed E-state index contributed by atoms with van der Waals surface area (Å²) in [5, 5.41) is 13.6. The number of methoxy groups -OCH3 is 1. The predicted octanol–water partition coefficient (Wildman–Crippen LogP) is 3.46. The number of carbonyl (C=O) groups is 1. The van der Waals surface area contributed by atoms with Gasteiger partial charge in [0, 0.05) is 28.7 Å². The third-order valence-electron chi connectivity index (χ3n) is 6.79. The van der Waals surface area contributed by atoms with Crippen LogP contribution >= 0.6 is 11.3 Å². The normalized spacial score (nSPS) is 13.0. The van der Waals surface area contributed by atoms with Gasteiger partial charge in [-0.3, -0.25) is 24.8 Å². The molecular weight excluding hydrogens is 612 g/mol. The number of hydrogen-bond donors (Lipinski definition) is 4. The minimum absolute atomic E-state index is 0.00890. The summed E-state index contributed by atoms with van der Waals surface area (Å²) < 4.78 is 36.7. The molecule has 4 N–H and O–H groups in total. The number of allylic oxidation sites excluding steroid dienone is 2. The minimum Gasteiger partial charge on any atom is -0.480 e. The molecule has 0 unspecified atom stereocenters. The van der Waals surface area contributed by atoms with Gasteiger partial charge in [-0.05, 0) is 55.6 Å². The molecule has 236 valence electrons. The zero-order chi connectivity index (χ0) is 32.4. The van der Waals surface area contributed by atoms with E-state index in [1.54, 1.807) is 24.3 Å². The number of nitrogens with one attached hydrogen (secondary N) is 3. The number of benzene rings is 2. The highest BCUT2D eigenvalue weighted by Gasteiger charge is 2.27. The van der Waals surface area contributed by atoms with Gasteiger partial charge in [0.15, 0.2) is 0 Å². The van der Waals surface area contributed by atoms with Crippen molar-refractivity contribution in [3.8, 4) is 10.4 Å². The number of rotatable bonds is 9. The molecule has 0 saturated carbocycles. The van der Waals surface area contributed by atoms with E-state index >= 15 is 0 Å². The van der Waals surface area contributed by atoms with Gasteiger partial charge >= 0.3 is 11.7 Å². The van der Waals surface area contributed by atoms with Gasteiger partial charge in [-0.1, -0.05) is 18.2 Å². The Morgan fingerprint density at radius 3 is 2.33 bits per heavy atom. The first-order chi connectivity index (χ1) is 21.5. The average molecular weight is 642 g/mol. The van der Waals surface area contributed by atoms with Crippen LogP contribution in [0, 0.1) is 11.6 Å². The van der Waals surface area contributed by atoms with Crippen molar-refractivity contribution in [3.63, 3.8) is 0 Å². The number of hydrazine groups is 1. The Kier molecular flexibility index (Phi) is 9.01. The van der Waals surface area contributed by atoms with Crippen molar-refractivity contribution in [1.29, 1.82) is 0 Å². The lowest BCUT2D eigenvalue weighted by atomic mass is 10.1. The van der Waals surface area contributed by atoms with Gasteiger partial charge < -0.3 is 15.0 Å². The van der Waals surface area contributed by atoms with Crippen molar-refractivity contribution in [2.75, 3.05) is 33.6 Å². The van der Waals surface area contributed by atoms with Crippen molar-refractivity contribution in [2.45, 2.75) is 13.1 Å². The fourth-order valence-corrected chi connectivity index (χ4v) is 6.12. The molecule has 0 aliphatic carbocycles. The number of thiophene rings is 1. The van der Waals surface area contributed by atoms with E-state index in [0.717, 1.165) is 32.6 Å². The maximum Gasteiger partial charge on any atom is 0.343 e. The van der Waals surface area contributed by atoms with E-state index in [1.807, 2.05) is 19.0 Å². The van der Waals surface area contributed by atoms with Gasteiger partial charge in [-0.2, -0.15) is 0 Å². The highest BCUT2D eigenvalue weighted by atomic mass is 32.1. The number of halogens is 2. The first-order valence-corrected chi connectivity index (χ1v) is 14.2. The maximum atomic E-state index is 14.9. The fourth-order valence-electron chi connectivity index (χ4n) is 4.82. The van der Waals surface area contributed by atoms with Gasteiger partial charge in [-0.25, -0.2) is 28.4 Å². The lowest BCUT2D eigenvalue weighted by Crippen LogP contribution is -2.46. The molecule has 0 saturated heterocycles. The van der Waals surface area contributed by atoms with Crippen LogP contribution in [0.15, 0.2) is 70.1 Å². The lowest BCUT2D eigenvalue weighted by Gasteiger charge is -2.25. The summed E-state index contributed by atoms with van der Waals surface area (Å²) in [4.78, 5) is 47.4. The summed E-state index contributed by atoms with van der Waals surface area (Å²) in [7, 11) is 6.24. The van der Waals surface area contributed by atoms with Crippen molar-refractivity contribution in [3.05, 3.63) is 104 Å². The number of carbonyl (C=O) groups excluding carboxylic acids is 1. The summed E-state index contributed by atoms with van der Waals surface area (Å²) >= 11 is 1.12. The summed E-state index contributed by atoms with van der Waals surface area (Å²) in [6.45, 7) is -0.262. The maximum absolute atomic E-state index is 14.9. The number of aromatic nitrogens is 2. The Hall–Kier alpha value is -5.03. The molecule has 0 atom stereocenters. The molecule has 3 heterocycles. The number of urea groups is 1. The molecule has 2 aromatic carbocycles. The number of anilines is 1. The fraction of sp³-hybridized carbons (Fsp3) is 0.207. The molecule has 16 heteroatoms. The SMILES string of the molecule is CONC(=O)Nc1ccc(-c2sc3c(c2CN(C)C)c(=O)n(C2=CC=C(OC)N(O)N2)c(=O)n3Cc2c(F)cccc2F)cc1. The number of hydroxylamine groups is 2. The molecule has 2 amide bonds. The van der Waals surface area contributed by atoms with Crippen LogP contribution in [-0.4, -0.2) is 58.8 Å². The van der Waals surface area contributed by atoms with Gasteiger partial charge in [0.05, 0.1) is 26.2 Å². The van der Waals surface area contributed by atoms with E-state index in [2.05, 4.69) is 21.1 Å². The zero-order valence-corrected chi connectivity index (χ0v) is 25.4. The molecule has 2 aromatic heterocycles. The van der Waals surface area contributed by atoms with Crippen molar-refractivity contribution >= 4 is 39.1 Å². The summed E-state index contributed by atoms with van der Waals surface area (Å²) in [5.41, 5.74) is 4.40.